The number of pyridine rings is 1. The first kappa shape index (κ1) is 14.9. The Hall–Kier alpha value is -2.51. The van der Waals surface area contributed by atoms with Crippen molar-refractivity contribution in [1.82, 2.24) is 10.3 Å². The smallest absolute Gasteiger partial charge is 0.387 e. The van der Waals surface area contributed by atoms with E-state index in [9.17, 15) is 22.8 Å². The molecule has 0 aliphatic carbocycles. The Kier molecular flexibility index (Phi) is 3.88. The van der Waals surface area contributed by atoms with Gasteiger partial charge in [0.25, 0.3) is 11.5 Å². The third-order valence-electron chi connectivity index (χ3n) is 2.92. The Morgan fingerprint density at radius 3 is 2.71 bits per heavy atom. The van der Waals surface area contributed by atoms with Crippen molar-refractivity contribution in [3.05, 3.63) is 51.6 Å². The molecule has 0 radical (unpaired) electrons. The van der Waals surface area contributed by atoms with Crippen molar-refractivity contribution in [3.63, 3.8) is 0 Å². The van der Waals surface area contributed by atoms with Gasteiger partial charge in [0.05, 0.1) is 5.56 Å². The summed E-state index contributed by atoms with van der Waals surface area (Å²) in [4.78, 5) is 25.5. The number of halogens is 3. The molecule has 1 aromatic rings. The number of aromatic amines is 1. The fourth-order valence-electron chi connectivity index (χ4n) is 1.79. The highest BCUT2D eigenvalue weighted by atomic mass is 19.4. The zero-order valence-electron chi connectivity index (χ0n) is 11.0. The first-order valence-electron chi connectivity index (χ1n) is 6.00. The largest absolute Gasteiger partial charge is 0.417 e. The fraction of sp³-hybridized carbons (Fsp3) is 0.231. The number of alkyl halides is 3. The van der Waals surface area contributed by atoms with Crippen LogP contribution in [0.15, 0.2) is 40.5 Å². The molecular weight excluding hydrogens is 287 g/mol. The number of dihydropyridines is 1. The van der Waals surface area contributed by atoms with Gasteiger partial charge in [-0.15, -0.1) is 0 Å². The maximum absolute atomic E-state index is 12.6. The molecule has 0 saturated carbocycles. The van der Waals surface area contributed by atoms with Crippen molar-refractivity contribution < 1.29 is 18.0 Å². The molecule has 3 N–H and O–H groups in total. The number of nitrogens with one attached hydrogen (secondary N) is 3. The van der Waals surface area contributed by atoms with Crippen LogP contribution >= 0.6 is 0 Å². The molecule has 112 valence electrons. The van der Waals surface area contributed by atoms with Crippen molar-refractivity contribution in [2.45, 2.75) is 13.1 Å². The van der Waals surface area contributed by atoms with Gasteiger partial charge in [-0.25, -0.2) is 0 Å². The van der Waals surface area contributed by atoms with Crippen LogP contribution < -0.4 is 16.2 Å². The molecule has 0 fully saturated rings. The van der Waals surface area contributed by atoms with E-state index >= 15 is 0 Å². The van der Waals surface area contributed by atoms with E-state index in [1.54, 1.807) is 13.1 Å². The van der Waals surface area contributed by atoms with Gasteiger partial charge in [0.2, 0.25) is 0 Å². The Bertz CT molecular complexity index is 687. The van der Waals surface area contributed by atoms with Gasteiger partial charge in [-0.3, -0.25) is 9.59 Å². The summed E-state index contributed by atoms with van der Waals surface area (Å²) in [6.45, 7) is 2.17. The van der Waals surface area contributed by atoms with Crippen LogP contribution in [0.2, 0.25) is 0 Å². The minimum atomic E-state index is -4.60. The van der Waals surface area contributed by atoms with E-state index in [4.69, 9.17) is 0 Å². The Morgan fingerprint density at radius 2 is 2.10 bits per heavy atom. The van der Waals surface area contributed by atoms with Gasteiger partial charge in [-0.2, -0.15) is 13.2 Å². The van der Waals surface area contributed by atoms with Crippen LogP contribution in [0.25, 0.3) is 0 Å². The Balaban J connectivity index is 2.30. The summed E-state index contributed by atoms with van der Waals surface area (Å²) in [5.74, 6) is -0.630. The molecule has 0 bridgehead atoms. The summed E-state index contributed by atoms with van der Waals surface area (Å²) < 4.78 is 37.8. The van der Waals surface area contributed by atoms with Crippen LogP contribution in [0.4, 0.5) is 18.9 Å². The van der Waals surface area contributed by atoms with E-state index in [0.29, 0.717) is 24.4 Å². The molecule has 8 heteroatoms. The molecule has 1 aliphatic heterocycles. The first-order valence-corrected chi connectivity index (χ1v) is 6.00. The molecule has 2 heterocycles. The summed E-state index contributed by atoms with van der Waals surface area (Å²) in [7, 11) is 0. The zero-order valence-corrected chi connectivity index (χ0v) is 11.0. The summed E-state index contributed by atoms with van der Waals surface area (Å²) in [6, 6.07) is 0.609. The molecule has 1 aliphatic rings. The molecule has 21 heavy (non-hydrogen) atoms. The number of carbonyl (C=O) groups excluding carboxylic acids is 1. The van der Waals surface area contributed by atoms with Gasteiger partial charge in [-0.1, -0.05) is 0 Å². The molecule has 1 amide bonds. The molecule has 0 spiro atoms. The Labute approximate surface area is 117 Å². The molecule has 0 aromatic carbocycles. The molecule has 5 nitrogen and oxygen atoms in total. The van der Waals surface area contributed by atoms with Crippen LogP contribution in [0.3, 0.4) is 0 Å². The van der Waals surface area contributed by atoms with Gasteiger partial charge < -0.3 is 15.6 Å². The predicted molar refractivity (Wildman–Crippen MR) is 70.5 cm³/mol. The van der Waals surface area contributed by atoms with E-state index < -0.39 is 28.9 Å². The summed E-state index contributed by atoms with van der Waals surface area (Å²) in [5.41, 5.74) is -1.25. The second kappa shape index (κ2) is 5.47. The maximum Gasteiger partial charge on any atom is 0.417 e. The molecular formula is C13H12F3N3O2. The van der Waals surface area contributed by atoms with Crippen molar-refractivity contribution in [2.75, 3.05) is 11.9 Å². The van der Waals surface area contributed by atoms with E-state index in [1.165, 1.54) is 6.08 Å². The number of rotatable bonds is 2. The predicted octanol–water partition coefficient (Wildman–Crippen LogP) is 1.77. The summed E-state index contributed by atoms with van der Waals surface area (Å²) in [6.07, 6.45) is -0.991. The highest BCUT2D eigenvalue weighted by molar-refractivity contribution is 6.06. The van der Waals surface area contributed by atoms with E-state index in [1.807, 2.05) is 4.98 Å². The van der Waals surface area contributed by atoms with E-state index in [2.05, 4.69) is 10.6 Å². The topological polar surface area (TPSA) is 74.0 Å². The number of amides is 1. The van der Waals surface area contributed by atoms with Crippen LogP contribution in [-0.4, -0.2) is 17.4 Å². The second-order valence-electron chi connectivity index (χ2n) is 4.49. The van der Waals surface area contributed by atoms with Crippen LogP contribution in [0.5, 0.6) is 0 Å². The molecule has 1 aromatic heterocycles. The van der Waals surface area contributed by atoms with Gasteiger partial charge in [0.1, 0.15) is 5.69 Å². The second-order valence-corrected chi connectivity index (χ2v) is 4.49. The van der Waals surface area contributed by atoms with Gasteiger partial charge in [0.15, 0.2) is 0 Å². The number of aromatic nitrogens is 1. The monoisotopic (exact) mass is 299 g/mol. The quantitative estimate of drug-likeness (QED) is 0.779. The van der Waals surface area contributed by atoms with Crippen molar-refractivity contribution in [2.24, 2.45) is 0 Å². The Morgan fingerprint density at radius 1 is 1.38 bits per heavy atom. The zero-order chi connectivity index (χ0) is 15.6. The van der Waals surface area contributed by atoms with Gasteiger partial charge in [0, 0.05) is 18.3 Å². The number of H-pyrrole nitrogens is 1. The highest BCUT2D eigenvalue weighted by Crippen LogP contribution is 2.29. The van der Waals surface area contributed by atoms with Crippen molar-refractivity contribution in [3.8, 4) is 0 Å². The minimum absolute atomic E-state index is 0.311. The highest BCUT2D eigenvalue weighted by Gasteiger charge is 2.31. The van der Waals surface area contributed by atoms with Gasteiger partial charge in [-0.05, 0) is 30.8 Å². The number of hydrogen-bond donors (Lipinski definition) is 3. The minimum Gasteiger partial charge on any atom is -0.387 e. The SMILES string of the molecule is CC1=C(C(=O)Nc2cc(C(F)(F)F)c[nH]c2=O)C=CNC1. The molecule has 0 saturated heterocycles. The van der Waals surface area contributed by atoms with E-state index in [-0.39, 0.29) is 0 Å². The average molecular weight is 299 g/mol. The number of hydrogen-bond acceptors (Lipinski definition) is 3. The molecule has 0 atom stereocenters. The molecule has 0 unspecified atom stereocenters. The third-order valence-corrected chi connectivity index (χ3v) is 2.92. The lowest BCUT2D eigenvalue weighted by atomic mass is 10.1. The summed E-state index contributed by atoms with van der Waals surface area (Å²) >= 11 is 0. The van der Waals surface area contributed by atoms with Crippen LogP contribution in [-0.2, 0) is 11.0 Å². The normalized spacial score (nSPS) is 14.9. The summed E-state index contributed by atoms with van der Waals surface area (Å²) in [5, 5.41) is 5.09. The molecule has 2 rings (SSSR count). The average Bonchev–Trinajstić information content (AvgIpc) is 2.40. The standard InChI is InChI=1S/C13H12F3N3O2/c1-7-5-17-3-2-9(7)11(20)19-10-4-8(13(14,15)16)6-18-12(10)21/h2-4,6,17H,5H2,1H3,(H,18,21)(H,19,20). The lowest BCUT2D eigenvalue weighted by Crippen LogP contribution is -2.25. The fourth-order valence-corrected chi connectivity index (χ4v) is 1.79. The van der Waals surface area contributed by atoms with Crippen LogP contribution in [0, 0.1) is 0 Å². The lowest BCUT2D eigenvalue weighted by molar-refractivity contribution is -0.137. The van der Waals surface area contributed by atoms with Crippen molar-refractivity contribution >= 4 is 11.6 Å². The van der Waals surface area contributed by atoms with Crippen molar-refractivity contribution in [1.29, 1.82) is 0 Å². The number of carbonyl (C=O) groups is 1. The lowest BCUT2D eigenvalue weighted by Gasteiger charge is -2.14. The first-order chi connectivity index (χ1) is 9.79. The third kappa shape index (κ3) is 3.33. The van der Waals surface area contributed by atoms with Crippen LogP contribution in [0.1, 0.15) is 12.5 Å². The maximum atomic E-state index is 12.6. The van der Waals surface area contributed by atoms with Gasteiger partial charge >= 0.3 is 6.18 Å². The number of anilines is 1. The van der Waals surface area contributed by atoms with E-state index in [0.717, 1.165) is 5.57 Å².